The number of carbonyl (C=O) groups excluding carboxylic acids is 1. The average Bonchev–Trinajstić information content (AvgIpc) is 3.10. The first-order chi connectivity index (χ1) is 12.5. The number of nitrogens with one attached hydrogen (secondary N) is 2. The Morgan fingerprint density at radius 2 is 1.88 bits per heavy atom. The molecule has 7 nitrogen and oxygen atoms in total. The highest BCUT2D eigenvalue weighted by Crippen LogP contribution is 2.27. The van der Waals surface area contributed by atoms with E-state index < -0.39 is 0 Å². The largest absolute Gasteiger partial charge is 0.487 e. The summed E-state index contributed by atoms with van der Waals surface area (Å²) in [6, 6.07) is 15.2. The smallest absolute Gasteiger partial charge is 0.276 e. The van der Waals surface area contributed by atoms with E-state index >= 15 is 0 Å². The number of hydrogen-bond donors (Lipinski definition) is 4. The van der Waals surface area contributed by atoms with Crippen LogP contribution < -0.4 is 16.2 Å². The molecule has 0 aliphatic rings. The Labute approximate surface area is 151 Å². The van der Waals surface area contributed by atoms with E-state index in [4.69, 9.17) is 21.6 Å². The van der Waals surface area contributed by atoms with Gasteiger partial charge in [0.1, 0.15) is 18.1 Å². The van der Waals surface area contributed by atoms with Crippen molar-refractivity contribution in [3.8, 4) is 5.75 Å². The highest BCUT2D eigenvalue weighted by atomic mass is 16.5. The van der Waals surface area contributed by atoms with E-state index in [0.29, 0.717) is 24.6 Å². The molecular weight excluding hydrogens is 330 g/mol. The number of H-pyrrole nitrogens is 1. The van der Waals surface area contributed by atoms with Gasteiger partial charge in [-0.2, -0.15) is 0 Å². The van der Waals surface area contributed by atoms with Crippen LogP contribution in [0.15, 0.2) is 48.5 Å². The summed E-state index contributed by atoms with van der Waals surface area (Å²) in [6.07, 6.45) is 0. The van der Waals surface area contributed by atoms with E-state index in [2.05, 4.69) is 4.98 Å². The van der Waals surface area contributed by atoms with Gasteiger partial charge in [0.25, 0.3) is 5.91 Å². The summed E-state index contributed by atoms with van der Waals surface area (Å²) < 4.78 is 5.93. The van der Waals surface area contributed by atoms with Crippen molar-refractivity contribution in [2.75, 3.05) is 7.05 Å². The lowest BCUT2D eigenvalue weighted by molar-refractivity contribution is 0.0864. The zero-order valence-electron chi connectivity index (χ0n) is 14.5. The molecule has 0 spiro atoms. The molecule has 26 heavy (non-hydrogen) atoms. The van der Waals surface area contributed by atoms with Gasteiger partial charge in [0.15, 0.2) is 5.96 Å². The minimum Gasteiger partial charge on any atom is -0.487 e. The number of aromatic amines is 1. The topological polar surface area (TPSA) is 121 Å². The molecule has 0 bridgehead atoms. The van der Waals surface area contributed by atoms with Gasteiger partial charge in [-0.25, -0.2) is 0 Å². The van der Waals surface area contributed by atoms with Crippen LogP contribution in [0, 0.1) is 5.41 Å². The number of benzene rings is 2. The van der Waals surface area contributed by atoms with E-state index in [1.54, 1.807) is 6.07 Å². The van der Waals surface area contributed by atoms with Gasteiger partial charge in [-0.05, 0) is 23.3 Å². The van der Waals surface area contributed by atoms with E-state index in [9.17, 15) is 4.79 Å². The van der Waals surface area contributed by atoms with Crippen LogP contribution in [-0.2, 0) is 13.2 Å². The number of fused-ring (bicyclic) bond motifs is 1. The molecule has 0 saturated carbocycles. The van der Waals surface area contributed by atoms with Crippen LogP contribution in [0.4, 0.5) is 0 Å². The Bertz CT molecular complexity index is 946. The van der Waals surface area contributed by atoms with Crippen LogP contribution in [-0.4, -0.2) is 28.8 Å². The molecule has 134 valence electrons. The monoisotopic (exact) mass is 351 g/mol. The number of guanidine groups is 1. The van der Waals surface area contributed by atoms with Crippen LogP contribution in [0.1, 0.15) is 21.6 Å². The van der Waals surface area contributed by atoms with Crippen molar-refractivity contribution in [1.82, 2.24) is 9.88 Å². The second-order valence-corrected chi connectivity index (χ2v) is 5.96. The first kappa shape index (κ1) is 17.5. The maximum atomic E-state index is 12.3. The third kappa shape index (κ3) is 3.52. The summed E-state index contributed by atoms with van der Waals surface area (Å²) >= 11 is 0. The fourth-order valence-electron chi connectivity index (χ4n) is 2.59. The summed E-state index contributed by atoms with van der Waals surface area (Å²) in [4.78, 5) is 16.5. The molecular formula is C19H21N5O2. The summed E-state index contributed by atoms with van der Waals surface area (Å²) in [6.45, 7) is 0.911. The highest BCUT2D eigenvalue weighted by Gasteiger charge is 2.17. The average molecular weight is 351 g/mol. The van der Waals surface area contributed by atoms with E-state index in [1.165, 1.54) is 7.05 Å². The van der Waals surface area contributed by atoms with Gasteiger partial charge in [-0.3, -0.25) is 15.1 Å². The molecule has 0 fully saturated rings. The van der Waals surface area contributed by atoms with Crippen molar-refractivity contribution in [3.05, 3.63) is 65.4 Å². The number of nitrogens with two attached hydrogens (primary N) is 2. The zero-order valence-corrected chi connectivity index (χ0v) is 14.5. The lowest BCUT2D eigenvalue weighted by Gasteiger charge is -2.12. The second-order valence-electron chi connectivity index (χ2n) is 5.96. The van der Waals surface area contributed by atoms with Crippen molar-refractivity contribution in [2.24, 2.45) is 11.5 Å². The molecule has 0 saturated heterocycles. The van der Waals surface area contributed by atoms with Crippen LogP contribution in [0.3, 0.4) is 0 Å². The quantitative estimate of drug-likeness (QED) is 0.416. The second kappa shape index (κ2) is 7.28. The number of amides is 1. The van der Waals surface area contributed by atoms with Crippen LogP contribution >= 0.6 is 0 Å². The predicted octanol–water partition coefficient (Wildman–Crippen LogP) is 2.17. The van der Waals surface area contributed by atoms with Crippen molar-refractivity contribution >= 4 is 22.8 Å². The lowest BCUT2D eigenvalue weighted by atomic mass is 10.1. The normalized spacial score (nSPS) is 10.7. The first-order valence-electron chi connectivity index (χ1n) is 8.14. The van der Waals surface area contributed by atoms with Gasteiger partial charge in [0.05, 0.1) is 5.52 Å². The zero-order chi connectivity index (χ0) is 18.7. The number of ether oxygens (including phenoxy) is 1. The highest BCUT2D eigenvalue weighted by molar-refractivity contribution is 6.06. The summed E-state index contributed by atoms with van der Waals surface area (Å²) in [7, 11) is 1.46. The molecule has 3 aromatic rings. The molecule has 0 atom stereocenters. The van der Waals surface area contributed by atoms with Crippen LogP contribution in [0.5, 0.6) is 5.75 Å². The third-order valence-electron chi connectivity index (χ3n) is 4.17. The lowest BCUT2D eigenvalue weighted by Crippen LogP contribution is -2.38. The fraction of sp³-hybridized carbons (Fsp3) is 0.158. The van der Waals surface area contributed by atoms with Crippen molar-refractivity contribution in [1.29, 1.82) is 5.41 Å². The van der Waals surface area contributed by atoms with Gasteiger partial charge in [-0.15, -0.1) is 0 Å². The molecule has 0 radical (unpaired) electrons. The van der Waals surface area contributed by atoms with E-state index in [0.717, 1.165) is 26.9 Å². The standard InChI is InChI=1S/C19H21N5O2/c1-24(19(21)22)18(25)15-9-14-3-2-4-16(17(14)23-15)26-11-13-7-5-12(10-20)6-8-13/h2-9,23H,10-11,20H2,1H3,(H3,21,22). The molecule has 1 amide bonds. The van der Waals surface area contributed by atoms with Crippen molar-refractivity contribution < 1.29 is 9.53 Å². The molecule has 0 aliphatic carbocycles. The van der Waals surface area contributed by atoms with Crippen LogP contribution in [0.25, 0.3) is 10.9 Å². The maximum Gasteiger partial charge on any atom is 0.276 e. The maximum absolute atomic E-state index is 12.3. The number of hydrogen-bond acceptors (Lipinski definition) is 4. The molecule has 0 aliphatic heterocycles. The number of para-hydroxylation sites is 1. The molecule has 2 aromatic carbocycles. The Morgan fingerprint density at radius 1 is 1.19 bits per heavy atom. The molecule has 7 heteroatoms. The first-order valence-corrected chi connectivity index (χ1v) is 8.14. The summed E-state index contributed by atoms with van der Waals surface area (Å²) in [5.74, 6) is -0.0435. The molecule has 6 N–H and O–H groups in total. The van der Waals surface area contributed by atoms with Gasteiger partial charge in [0, 0.05) is 19.0 Å². The van der Waals surface area contributed by atoms with E-state index in [1.807, 2.05) is 42.5 Å². The minimum absolute atomic E-state index is 0.314. The number of nitrogens with zero attached hydrogens (tertiary/aromatic N) is 1. The molecule has 1 aromatic heterocycles. The molecule has 1 heterocycles. The fourth-order valence-corrected chi connectivity index (χ4v) is 2.59. The third-order valence-corrected chi connectivity index (χ3v) is 4.17. The minimum atomic E-state index is -0.378. The molecule has 0 unspecified atom stereocenters. The predicted molar refractivity (Wildman–Crippen MR) is 101 cm³/mol. The summed E-state index contributed by atoms with van der Waals surface area (Å²) in [5, 5.41) is 8.23. The van der Waals surface area contributed by atoms with Gasteiger partial charge < -0.3 is 21.2 Å². The Balaban J connectivity index is 1.82. The number of aromatic nitrogens is 1. The van der Waals surface area contributed by atoms with E-state index in [-0.39, 0.29) is 11.9 Å². The number of rotatable bonds is 5. The Kier molecular flexibility index (Phi) is 4.90. The van der Waals surface area contributed by atoms with Crippen molar-refractivity contribution in [2.45, 2.75) is 13.2 Å². The number of carbonyl (C=O) groups is 1. The van der Waals surface area contributed by atoms with Gasteiger partial charge in [-0.1, -0.05) is 36.4 Å². The Hall–Kier alpha value is -3.32. The SMILES string of the molecule is CN(C(=N)N)C(=O)c1cc2cccc(OCc3ccc(CN)cc3)c2[nH]1. The van der Waals surface area contributed by atoms with Crippen molar-refractivity contribution in [3.63, 3.8) is 0 Å². The van der Waals surface area contributed by atoms with Crippen LogP contribution in [0.2, 0.25) is 0 Å². The summed E-state index contributed by atoms with van der Waals surface area (Å²) in [5.41, 5.74) is 14.1. The van der Waals surface area contributed by atoms with Gasteiger partial charge in [0.2, 0.25) is 0 Å². The molecule has 3 rings (SSSR count). The Morgan fingerprint density at radius 3 is 2.54 bits per heavy atom. The van der Waals surface area contributed by atoms with Gasteiger partial charge >= 0.3 is 0 Å².